The molecule has 32 heavy (non-hydrogen) atoms. The predicted octanol–water partition coefficient (Wildman–Crippen LogP) is 3.48. The Morgan fingerprint density at radius 3 is 2.62 bits per heavy atom. The van der Waals surface area contributed by atoms with Crippen LogP contribution in [0, 0.1) is 0 Å². The molecule has 1 fully saturated rings. The Hall–Kier alpha value is -2.35. The first kappa shape index (κ1) is 22.8. The van der Waals surface area contributed by atoms with Crippen LogP contribution in [0.25, 0.3) is 10.9 Å². The van der Waals surface area contributed by atoms with E-state index in [0.717, 1.165) is 67.2 Å². The maximum absolute atomic E-state index is 13.4. The molecule has 1 aromatic carbocycles. The molecule has 1 aromatic heterocycles. The number of hydrogen-bond acceptors (Lipinski definition) is 6. The number of allylic oxidation sites excluding steroid dienone is 2. The van der Waals surface area contributed by atoms with E-state index < -0.39 is 0 Å². The Morgan fingerprint density at radius 1 is 1.19 bits per heavy atom. The van der Waals surface area contributed by atoms with E-state index in [1.807, 2.05) is 20.9 Å². The minimum Gasteiger partial charge on any atom is -0.478 e. The summed E-state index contributed by atoms with van der Waals surface area (Å²) in [7, 11) is 4.20. The van der Waals surface area contributed by atoms with Crippen LogP contribution in [0.2, 0.25) is 0 Å². The molecule has 0 bridgehead atoms. The summed E-state index contributed by atoms with van der Waals surface area (Å²) in [5, 5.41) is 0.980. The van der Waals surface area contributed by atoms with Crippen molar-refractivity contribution in [1.82, 2.24) is 19.3 Å². The van der Waals surface area contributed by atoms with Crippen molar-refractivity contribution in [2.75, 3.05) is 53.6 Å². The molecule has 7 nitrogen and oxygen atoms in total. The molecule has 0 saturated carbocycles. The molecule has 0 radical (unpaired) electrons. The van der Waals surface area contributed by atoms with Gasteiger partial charge in [0, 0.05) is 62.0 Å². The van der Waals surface area contributed by atoms with Gasteiger partial charge < -0.3 is 18.9 Å². The van der Waals surface area contributed by atoms with Crippen LogP contribution < -0.4 is 4.74 Å². The van der Waals surface area contributed by atoms with Crippen LogP contribution in [-0.2, 0) is 17.8 Å². The molecule has 0 spiro atoms. The summed E-state index contributed by atoms with van der Waals surface area (Å²) in [4.78, 5) is 20.3. The van der Waals surface area contributed by atoms with Gasteiger partial charge in [-0.3, -0.25) is 9.80 Å². The number of carbonyl (C=O) groups is 1. The highest BCUT2D eigenvalue weighted by molar-refractivity contribution is 6.08. The van der Waals surface area contributed by atoms with Crippen molar-refractivity contribution >= 4 is 16.9 Å². The van der Waals surface area contributed by atoms with Gasteiger partial charge in [0.25, 0.3) is 0 Å². The molecule has 0 aliphatic carbocycles. The zero-order valence-corrected chi connectivity index (χ0v) is 20.1. The van der Waals surface area contributed by atoms with Gasteiger partial charge >= 0.3 is 5.97 Å². The molecular weight excluding hydrogens is 404 g/mol. The van der Waals surface area contributed by atoms with Gasteiger partial charge in [-0.15, -0.1) is 0 Å². The van der Waals surface area contributed by atoms with Gasteiger partial charge in [0.2, 0.25) is 0 Å². The number of esters is 1. The number of fused-ring (bicyclic) bond motifs is 3. The number of nitrogens with zero attached hydrogens (tertiary/aromatic N) is 4. The Balaban J connectivity index is 1.94. The summed E-state index contributed by atoms with van der Waals surface area (Å²) in [6.45, 7) is 12.5. The molecule has 174 valence electrons. The second-order valence-electron chi connectivity index (χ2n) is 8.98. The Bertz CT molecular complexity index is 1000. The SMILES string of the molecule is C/C=C\C(C)n1c(CN2CCN(C)CC2)c(C(=O)OCC)c2c3c(ccc21)OCN(C)C3. The van der Waals surface area contributed by atoms with Gasteiger partial charge in [-0.1, -0.05) is 12.2 Å². The van der Waals surface area contributed by atoms with Crippen LogP contribution >= 0.6 is 0 Å². The van der Waals surface area contributed by atoms with Crippen LogP contribution in [0.5, 0.6) is 5.75 Å². The van der Waals surface area contributed by atoms with Crippen molar-refractivity contribution in [3.8, 4) is 5.75 Å². The largest absolute Gasteiger partial charge is 0.478 e. The van der Waals surface area contributed by atoms with Gasteiger partial charge in [0.15, 0.2) is 0 Å². The van der Waals surface area contributed by atoms with Crippen LogP contribution in [0.4, 0.5) is 0 Å². The number of piperazine rings is 1. The van der Waals surface area contributed by atoms with Crippen LogP contribution in [0.1, 0.15) is 48.4 Å². The Kier molecular flexibility index (Phi) is 6.88. The summed E-state index contributed by atoms with van der Waals surface area (Å²) in [5.74, 6) is 0.623. The van der Waals surface area contributed by atoms with Crippen LogP contribution in [-0.4, -0.2) is 78.8 Å². The zero-order chi connectivity index (χ0) is 22.8. The Labute approximate surface area is 191 Å². The molecular formula is C25H36N4O3. The lowest BCUT2D eigenvalue weighted by Gasteiger charge is -2.33. The normalized spacial score (nSPS) is 19.3. The van der Waals surface area contributed by atoms with Gasteiger partial charge in [-0.25, -0.2) is 4.79 Å². The fourth-order valence-corrected chi connectivity index (χ4v) is 4.92. The van der Waals surface area contributed by atoms with Crippen molar-refractivity contribution < 1.29 is 14.3 Å². The fourth-order valence-electron chi connectivity index (χ4n) is 4.92. The number of carbonyl (C=O) groups excluding carboxylic acids is 1. The summed E-state index contributed by atoms with van der Waals surface area (Å²) in [6.07, 6.45) is 4.26. The second-order valence-corrected chi connectivity index (χ2v) is 8.98. The van der Waals surface area contributed by atoms with Gasteiger partial charge in [-0.2, -0.15) is 0 Å². The summed E-state index contributed by atoms with van der Waals surface area (Å²) >= 11 is 0. The first-order valence-electron chi connectivity index (χ1n) is 11.6. The molecule has 2 aromatic rings. The average molecular weight is 441 g/mol. The summed E-state index contributed by atoms with van der Waals surface area (Å²) in [6, 6.07) is 4.28. The minimum absolute atomic E-state index is 0.119. The quantitative estimate of drug-likeness (QED) is 0.506. The number of likely N-dealkylation sites (N-methyl/N-ethyl adjacent to an activating group) is 1. The lowest BCUT2D eigenvalue weighted by atomic mass is 10.0. The lowest BCUT2D eigenvalue weighted by Crippen LogP contribution is -2.44. The van der Waals surface area contributed by atoms with Crippen LogP contribution in [0.3, 0.4) is 0 Å². The summed E-state index contributed by atoms with van der Waals surface area (Å²) in [5.41, 5.74) is 3.88. The molecule has 1 saturated heterocycles. The molecule has 3 heterocycles. The average Bonchev–Trinajstić information content (AvgIpc) is 3.10. The third-order valence-corrected chi connectivity index (χ3v) is 6.53. The number of rotatable bonds is 6. The highest BCUT2D eigenvalue weighted by Gasteiger charge is 2.31. The van der Waals surface area contributed by atoms with Crippen molar-refractivity contribution in [1.29, 1.82) is 0 Å². The van der Waals surface area contributed by atoms with E-state index in [-0.39, 0.29) is 12.0 Å². The maximum Gasteiger partial charge on any atom is 0.340 e. The molecule has 4 rings (SSSR count). The third kappa shape index (κ3) is 4.29. The molecule has 1 atom stereocenters. The smallest absolute Gasteiger partial charge is 0.340 e. The number of aromatic nitrogens is 1. The van der Waals surface area contributed by atoms with E-state index in [2.05, 4.69) is 57.5 Å². The third-order valence-electron chi connectivity index (χ3n) is 6.53. The first-order valence-corrected chi connectivity index (χ1v) is 11.6. The van der Waals surface area contributed by atoms with Gasteiger partial charge in [0.1, 0.15) is 12.5 Å². The molecule has 1 unspecified atom stereocenters. The van der Waals surface area contributed by atoms with Crippen molar-refractivity contribution in [3.63, 3.8) is 0 Å². The van der Waals surface area contributed by atoms with Gasteiger partial charge in [-0.05, 0) is 47.0 Å². The molecule has 2 aliphatic rings. The van der Waals surface area contributed by atoms with Crippen molar-refractivity contribution in [2.45, 2.75) is 39.9 Å². The number of hydrogen-bond donors (Lipinski definition) is 0. The maximum atomic E-state index is 13.4. The standard InChI is InChI=1S/C25H36N4O3/c1-6-8-18(3)29-20-9-10-22-19(15-27(5)17-32-22)23(20)24(25(30)31-7-2)21(29)16-28-13-11-26(4)12-14-28/h6,8-10,18H,7,11-17H2,1-5H3/b8-6-. The fraction of sp³-hybridized carbons (Fsp3) is 0.560. The van der Waals surface area contributed by atoms with Crippen LogP contribution in [0.15, 0.2) is 24.3 Å². The molecule has 7 heteroatoms. The Morgan fingerprint density at radius 2 is 1.94 bits per heavy atom. The number of benzene rings is 1. The summed E-state index contributed by atoms with van der Waals surface area (Å²) < 4.78 is 13.9. The lowest BCUT2D eigenvalue weighted by molar-refractivity contribution is 0.0524. The van der Waals surface area contributed by atoms with E-state index in [0.29, 0.717) is 18.9 Å². The van der Waals surface area contributed by atoms with E-state index in [4.69, 9.17) is 9.47 Å². The second kappa shape index (κ2) is 9.65. The highest BCUT2D eigenvalue weighted by atomic mass is 16.5. The number of ether oxygens (including phenoxy) is 2. The molecule has 0 N–H and O–H groups in total. The highest BCUT2D eigenvalue weighted by Crippen LogP contribution is 2.39. The van der Waals surface area contributed by atoms with Crippen molar-refractivity contribution in [3.05, 3.63) is 41.1 Å². The van der Waals surface area contributed by atoms with Gasteiger partial charge in [0.05, 0.1) is 17.7 Å². The van der Waals surface area contributed by atoms with E-state index in [1.54, 1.807) is 0 Å². The monoisotopic (exact) mass is 440 g/mol. The first-order chi connectivity index (χ1) is 15.4. The zero-order valence-electron chi connectivity index (χ0n) is 20.1. The van der Waals surface area contributed by atoms with Crippen molar-refractivity contribution in [2.24, 2.45) is 0 Å². The van der Waals surface area contributed by atoms with E-state index >= 15 is 0 Å². The molecule has 0 amide bonds. The minimum atomic E-state index is -0.241. The topological polar surface area (TPSA) is 50.2 Å². The molecule has 2 aliphatic heterocycles. The van der Waals surface area contributed by atoms with E-state index in [1.165, 1.54) is 0 Å². The predicted molar refractivity (Wildman–Crippen MR) is 127 cm³/mol. The van der Waals surface area contributed by atoms with E-state index in [9.17, 15) is 4.79 Å².